The number of pyridine rings is 1. The van der Waals surface area contributed by atoms with Crippen LogP contribution in [0, 0.1) is 0 Å². The molecule has 1 unspecified atom stereocenters. The zero-order valence-corrected chi connectivity index (χ0v) is 24.8. The number of fused-ring (bicyclic) bond motifs is 2. The molecule has 2 aliphatic rings. The minimum absolute atomic E-state index is 0.0990. The topological polar surface area (TPSA) is 98.0 Å². The number of rotatable bonds is 9. The minimum Gasteiger partial charge on any atom is -0.0583 e. The number of aromatic carboxylic acids is 1. The van der Waals surface area contributed by atoms with E-state index in [1.165, 1.54) is 6.20 Å². The van der Waals surface area contributed by atoms with E-state index < -0.39 is 18.5 Å². The van der Waals surface area contributed by atoms with Crippen LogP contribution in [0.1, 0.15) is 99.5 Å². The quantitative estimate of drug-likeness (QED) is 0.309. The van der Waals surface area contributed by atoms with Gasteiger partial charge in [-0.1, -0.05) is 19.1 Å². The molecule has 196 valence electrons. The van der Waals surface area contributed by atoms with Gasteiger partial charge in [0.05, 0.1) is 6.10 Å². The molecule has 0 saturated heterocycles. The summed E-state index contributed by atoms with van der Waals surface area (Å²) in [5.74, 6) is -0.504. The van der Waals surface area contributed by atoms with Crippen molar-refractivity contribution >= 4 is 28.0 Å². The Morgan fingerprint density at radius 2 is 2.11 bits per heavy atom. The molecule has 37 heavy (non-hydrogen) atoms. The fourth-order valence-electron chi connectivity index (χ4n) is 5.31. The van der Waals surface area contributed by atoms with Crippen LogP contribution in [0.4, 0.5) is 0 Å². The first-order chi connectivity index (χ1) is 17.6. The number of carboxylic acid groups (broad SMARTS) is 1. The van der Waals surface area contributed by atoms with E-state index in [-0.39, 0.29) is 17.2 Å². The maximum absolute atomic E-state index is 13.1. The van der Waals surface area contributed by atoms with Crippen LogP contribution < -0.4 is 15.6 Å². The SMILES string of the molecule is CCC1OB(O)c2c(OCCCCC=C3CCC(C)(C)n4cc(C(=O)O)c(=O)c([C](C)=[W])c43)cccc21. The summed E-state index contributed by atoms with van der Waals surface area (Å²) < 4.78 is 14.6. The van der Waals surface area contributed by atoms with Crippen LogP contribution in [-0.4, -0.2) is 38.3 Å². The van der Waals surface area contributed by atoms with Crippen molar-refractivity contribution in [1.29, 1.82) is 0 Å². The average Bonchev–Trinajstić information content (AvgIpc) is 3.18. The van der Waals surface area contributed by atoms with E-state index in [2.05, 4.69) is 19.9 Å². The smallest absolute Gasteiger partial charge is 0.0583 e. The molecule has 2 aliphatic heterocycles. The predicted molar refractivity (Wildman–Crippen MR) is 141 cm³/mol. The summed E-state index contributed by atoms with van der Waals surface area (Å²) in [5.41, 5.74) is 3.42. The van der Waals surface area contributed by atoms with Crippen LogP contribution in [0.5, 0.6) is 5.75 Å². The van der Waals surface area contributed by atoms with Gasteiger partial charge in [0, 0.05) is 0 Å². The summed E-state index contributed by atoms with van der Waals surface area (Å²) in [7, 11) is -0.948. The number of nitrogens with zero attached hydrogens (tertiary/aromatic N) is 1. The Kier molecular flexibility index (Phi) is 8.42. The Hall–Kier alpha value is -2.28. The second-order valence-corrected chi connectivity index (χ2v) is 12.6. The summed E-state index contributed by atoms with van der Waals surface area (Å²) in [6.07, 6.45) is 8.72. The van der Waals surface area contributed by atoms with Crippen molar-refractivity contribution in [2.45, 2.75) is 77.9 Å². The molecule has 0 amide bonds. The molecule has 0 radical (unpaired) electrons. The second-order valence-electron chi connectivity index (χ2n) is 10.4. The third kappa shape index (κ3) is 5.48. The predicted octanol–water partition coefficient (Wildman–Crippen LogP) is 3.96. The number of hydrogen-bond acceptors (Lipinski definition) is 5. The van der Waals surface area contributed by atoms with E-state index in [1.54, 1.807) is 0 Å². The molecule has 7 nitrogen and oxygen atoms in total. The van der Waals surface area contributed by atoms with Gasteiger partial charge >= 0.3 is 183 Å². The molecule has 9 heteroatoms. The fraction of sp³-hybridized carbons (Fsp3) is 0.464. The van der Waals surface area contributed by atoms with Gasteiger partial charge in [-0.15, -0.1) is 0 Å². The van der Waals surface area contributed by atoms with Gasteiger partial charge in [-0.2, -0.15) is 0 Å². The molecule has 0 bridgehead atoms. The number of hydrogen-bond donors (Lipinski definition) is 2. The van der Waals surface area contributed by atoms with Gasteiger partial charge in [-0.3, -0.25) is 0 Å². The minimum atomic E-state index is -1.18. The Labute approximate surface area is 229 Å². The zero-order chi connectivity index (χ0) is 26.9. The van der Waals surface area contributed by atoms with Crippen LogP contribution in [0.15, 0.2) is 35.3 Å². The molecular weight excluding hydrogens is 641 g/mol. The number of carbonyl (C=O) groups is 1. The molecule has 0 spiro atoms. The van der Waals surface area contributed by atoms with Crippen LogP contribution >= 0.6 is 0 Å². The number of ether oxygens (including phenoxy) is 1. The van der Waals surface area contributed by atoms with E-state index in [1.807, 2.05) is 36.6 Å². The van der Waals surface area contributed by atoms with E-state index >= 15 is 0 Å². The molecule has 1 aromatic heterocycles. The molecule has 0 aliphatic carbocycles. The summed E-state index contributed by atoms with van der Waals surface area (Å²) in [5, 5.41) is 20.0. The number of carboxylic acids is 1. The van der Waals surface area contributed by atoms with Gasteiger partial charge in [0.25, 0.3) is 0 Å². The third-order valence-electron chi connectivity index (χ3n) is 7.36. The van der Waals surface area contributed by atoms with Crippen molar-refractivity contribution in [3.8, 4) is 5.75 Å². The normalized spacial score (nSPS) is 19.0. The fourth-order valence-corrected chi connectivity index (χ4v) is 5.99. The number of unbranched alkanes of at least 4 members (excludes halogenated alkanes) is 2. The number of benzene rings is 1. The van der Waals surface area contributed by atoms with Gasteiger partial charge < -0.3 is 9.68 Å². The Bertz CT molecular complexity index is 1310. The molecule has 1 aromatic carbocycles. The molecular formula is C28H34BNO6W. The van der Waals surface area contributed by atoms with E-state index in [0.717, 1.165) is 84.1 Å². The summed E-state index contributed by atoms with van der Waals surface area (Å²) >= 11 is 1.16. The number of allylic oxidation sites excluding steroid dienone is 2. The van der Waals surface area contributed by atoms with Crippen LogP contribution in [-0.2, 0) is 29.5 Å². The van der Waals surface area contributed by atoms with Gasteiger partial charge in [0.15, 0.2) is 0 Å². The van der Waals surface area contributed by atoms with Gasteiger partial charge in [0.2, 0.25) is 0 Å². The van der Waals surface area contributed by atoms with Crippen molar-refractivity contribution in [1.82, 2.24) is 4.57 Å². The first kappa shape index (κ1) is 27.7. The summed E-state index contributed by atoms with van der Waals surface area (Å²) in [6, 6.07) is 5.80. The van der Waals surface area contributed by atoms with Gasteiger partial charge in [-0.05, 0) is 12.0 Å². The van der Waals surface area contributed by atoms with Crippen molar-refractivity contribution in [2.24, 2.45) is 0 Å². The first-order valence-corrected chi connectivity index (χ1v) is 14.4. The van der Waals surface area contributed by atoms with Crippen molar-refractivity contribution in [2.75, 3.05) is 6.61 Å². The van der Waals surface area contributed by atoms with Gasteiger partial charge in [0.1, 0.15) is 0 Å². The Morgan fingerprint density at radius 3 is 2.78 bits per heavy atom. The van der Waals surface area contributed by atoms with Crippen LogP contribution in [0.25, 0.3) is 5.57 Å². The molecule has 1 atom stereocenters. The average molecular weight is 675 g/mol. The van der Waals surface area contributed by atoms with E-state index in [4.69, 9.17) is 9.39 Å². The zero-order valence-electron chi connectivity index (χ0n) is 21.9. The maximum atomic E-state index is 13.1. The second kappa shape index (κ2) is 11.2. The summed E-state index contributed by atoms with van der Waals surface area (Å²) in [6.45, 7) is 8.65. The number of aromatic nitrogens is 1. The first-order valence-electron chi connectivity index (χ1n) is 12.9. The standard InChI is InChI=1S/C28H34BNO6.W/c1-5-19-25-18(14-15-28(3,4)30(25)17-21(26(19)31)27(32)33)11-8-7-9-16-35-23-13-10-12-20-22(6-2)36-29(34)24(20)23;/h10-13,17,22,34H,6-9,14-16H2,1-4H3,(H,32,33);. The molecule has 4 rings (SSSR count). The van der Waals surface area contributed by atoms with Crippen molar-refractivity contribution < 1.29 is 43.7 Å². The molecule has 2 N–H and O–H groups in total. The van der Waals surface area contributed by atoms with E-state index in [0.29, 0.717) is 17.9 Å². The molecule has 3 heterocycles. The summed E-state index contributed by atoms with van der Waals surface area (Å²) in [4.78, 5) is 24.9. The molecule has 0 saturated carbocycles. The van der Waals surface area contributed by atoms with Crippen LogP contribution in [0.2, 0.25) is 0 Å². The van der Waals surface area contributed by atoms with E-state index in [9.17, 15) is 19.7 Å². The Morgan fingerprint density at radius 1 is 1.35 bits per heavy atom. The third-order valence-corrected chi connectivity index (χ3v) is 8.09. The molecule has 0 fully saturated rings. The molecule has 2 aromatic rings. The monoisotopic (exact) mass is 675 g/mol. The van der Waals surface area contributed by atoms with Crippen molar-refractivity contribution in [3.63, 3.8) is 0 Å². The van der Waals surface area contributed by atoms with Gasteiger partial charge in [-0.25, -0.2) is 0 Å². The van der Waals surface area contributed by atoms with Crippen LogP contribution in [0.3, 0.4) is 0 Å². The van der Waals surface area contributed by atoms with Crippen molar-refractivity contribution in [3.05, 3.63) is 63.1 Å². The Balaban J connectivity index is 1.47.